The third-order valence-electron chi connectivity index (χ3n) is 4.29. The molecule has 1 saturated heterocycles. The number of amides is 1. The first-order valence-electron chi connectivity index (χ1n) is 8.09. The van der Waals surface area contributed by atoms with Crippen LogP contribution in [0.5, 0.6) is 17.2 Å². The van der Waals surface area contributed by atoms with Crippen LogP contribution in [0.3, 0.4) is 0 Å². The van der Waals surface area contributed by atoms with Crippen molar-refractivity contribution in [2.45, 2.75) is 18.9 Å². The van der Waals surface area contributed by atoms with E-state index in [0.717, 1.165) is 18.4 Å². The van der Waals surface area contributed by atoms with Crippen molar-refractivity contribution in [1.82, 2.24) is 4.90 Å². The SMILES string of the molecule is C=CC(=O)N1CCC[C@H]1c1c[c]ccc1Oc1cccc(OC)c1F. The standard InChI is InChI=1S/C20H19FNO3/c1-3-19(23)22-13-7-9-15(22)14-8-4-5-10-16(14)25-18-12-6-11-17(24-2)20(18)21/h3,5-6,8,10-12,15H,1,7,9,13H2,2H3/t15-/m0/s1. The molecule has 4 nitrogen and oxygen atoms in total. The molecule has 3 rings (SSSR count). The number of likely N-dealkylation sites (tertiary alicyclic amines) is 1. The van der Waals surface area contributed by atoms with Crippen LogP contribution in [0.15, 0.2) is 49.1 Å². The maximum atomic E-state index is 14.4. The van der Waals surface area contributed by atoms with Crippen molar-refractivity contribution in [3.8, 4) is 17.2 Å². The van der Waals surface area contributed by atoms with Crippen molar-refractivity contribution in [2.75, 3.05) is 13.7 Å². The molecule has 0 bridgehead atoms. The molecule has 0 saturated carbocycles. The predicted molar refractivity (Wildman–Crippen MR) is 92.2 cm³/mol. The van der Waals surface area contributed by atoms with Gasteiger partial charge in [0.2, 0.25) is 11.7 Å². The first-order valence-corrected chi connectivity index (χ1v) is 8.09. The lowest BCUT2D eigenvalue weighted by molar-refractivity contribution is -0.126. The zero-order chi connectivity index (χ0) is 17.8. The molecule has 1 aliphatic heterocycles. The smallest absolute Gasteiger partial charge is 0.246 e. The van der Waals surface area contributed by atoms with Gasteiger partial charge in [-0.15, -0.1) is 0 Å². The molecule has 1 atom stereocenters. The van der Waals surface area contributed by atoms with Gasteiger partial charge >= 0.3 is 0 Å². The zero-order valence-corrected chi connectivity index (χ0v) is 14.0. The Bertz CT molecular complexity index is 790. The highest BCUT2D eigenvalue weighted by molar-refractivity contribution is 5.87. The fourth-order valence-electron chi connectivity index (χ4n) is 3.10. The van der Waals surface area contributed by atoms with Crippen molar-refractivity contribution in [3.63, 3.8) is 0 Å². The van der Waals surface area contributed by atoms with E-state index in [0.29, 0.717) is 12.3 Å². The summed E-state index contributed by atoms with van der Waals surface area (Å²) in [5.41, 5.74) is 0.803. The molecular formula is C20H19FNO3. The predicted octanol–water partition coefficient (Wildman–Crippen LogP) is 4.28. The van der Waals surface area contributed by atoms with Crippen LogP contribution in [0.25, 0.3) is 0 Å². The summed E-state index contributed by atoms with van der Waals surface area (Å²) in [7, 11) is 1.41. The summed E-state index contributed by atoms with van der Waals surface area (Å²) in [5, 5.41) is 0. The molecule has 0 aromatic heterocycles. The minimum atomic E-state index is -0.561. The third kappa shape index (κ3) is 3.36. The lowest BCUT2D eigenvalue weighted by Crippen LogP contribution is -2.28. The van der Waals surface area contributed by atoms with Crippen LogP contribution in [-0.2, 0) is 4.79 Å². The molecule has 0 unspecified atom stereocenters. The normalized spacial score (nSPS) is 16.6. The minimum absolute atomic E-state index is 0.0754. The summed E-state index contributed by atoms with van der Waals surface area (Å²) in [5.74, 6) is 0.0102. The van der Waals surface area contributed by atoms with Gasteiger partial charge < -0.3 is 14.4 Å². The summed E-state index contributed by atoms with van der Waals surface area (Å²) in [6.07, 6.45) is 3.02. The van der Waals surface area contributed by atoms with E-state index in [4.69, 9.17) is 9.47 Å². The monoisotopic (exact) mass is 340 g/mol. The summed E-state index contributed by atoms with van der Waals surface area (Å²) in [6, 6.07) is 12.8. The van der Waals surface area contributed by atoms with Crippen LogP contribution in [-0.4, -0.2) is 24.5 Å². The van der Waals surface area contributed by atoms with Gasteiger partial charge in [-0.2, -0.15) is 4.39 Å². The summed E-state index contributed by atoms with van der Waals surface area (Å²) < 4.78 is 25.2. The van der Waals surface area contributed by atoms with Crippen LogP contribution in [0, 0.1) is 11.9 Å². The van der Waals surface area contributed by atoms with E-state index in [1.54, 1.807) is 35.2 Å². The highest BCUT2D eigenvalue weighted by Crippen LogP contribution is 2.39. The van der Waals surface area contributed by atoms with E-state index < -0.39 is 5.82 Å². The van der Waals surface area contributed by atoms with Gasteiger partial charge in [0.05, 0.1) is 13.2 Å². The van der Waals surface area contributed by atoms with E-state index in [9.17, 15) is 9.18 Å². The van der Waals surface area contributed by atoms with Gasteiger partial charge in [-0.25, -0.2) is 0 Å². The van der Waals surface area contributed by atoms with Crippen molar-refractivity contribution < 1.29 is 18.7 Å². The molecule has 5 heteroatoms. The largest absolute Gasteiger partial charge is 0.494 e. The maximum Gasteiger partial charge on any atom is 0.246 e. The van der Waals surface area contributed by atoms with Gasteiger partial charge in [0.1, 0.15) is 5.75 Å². The van der Waals surface area contributed by atoms with Gasteiger partial charge in [0.25, 0.3) is 0 Å². The lowest BCUT2D eigenvalue weighted by atomic mass is 10.0. The fourth-order valence-corrected chi connectivity index (χ4v) is 3.10. The van der Waals surface area contributed by atoms with Crippen molar-refractivity contribution >= 4 is 5.91 Å². The Morgan fingerprint density at radius 2 is 2.16 bits per heavy atom. The number of hydrogen-bond acceptors (Lipinski definition) is 3. The summed E-state index contributed by atoms with van der Waals surface area (Å²) in [6.45, 7) is 4.22. The Kier molecular flexibility index (Phi) is 5.03. The number of nitrogens with zero attached hydrogens (tertiary/aromatic N) is 1. The number of hydrogen-bond donors (Lipinski definition) is 0. The minimum Gasteiger partial charge on any atom is -0.494 e. The molecule has 0 aliphatic carbocycles. The topological polar surface area (TPSA) is 38.8 Å². The van der Waals surface area contributed by atoms with Gasteiger partial charge in [-0.05, 0) is 49.2 Å². The molecular weight excluding hydrogens is 321 g/mol. The lowest BCUT2D eigenvalue weighted by Gasteiger charge is -2.25. The molecule has 1 heterocycles. The molecule has 25 heavy (non-hydrogen) atoms. The molecule has 1 aliphatic rings. The summed E-state index contributed by atoms with van der Waals surface area (Å²) in [4.78, 5) is 13.8. The number of carbonyl (C=O) groups excluding carboxylic acids is 1. The zero-order valence-electron chi connectivity index (χ0n) is 14.0. The molecule has 0 N–H and O–H groups in total. The van der Waals surface area contributed by atoms with E-state index >= 15 is 0 Å². The maximum absolute atomic E-state index is 14.4. The number of rotatable bonds is 5. The molecule has 129 valence electrons. The second kappa shape index (κ2) is 7.38. The Hall–Kier alpha value is -2.82. The average molecular weight is 340 g/mol. The van der Waals surface area contributed by atoms with Gasteiger partial charge in [-0.1, -0.05) is 18.7 Å². The Labute approximate surface area is 146 Å². The van der Waals surface area contributed by atoms with Gasteiger partial charge in [0.15, 0.2) is 11.5 Å². The first kappa shape index (κ1) is 17.0. The molecule has 1 amide bonds. The Balaban J connectivity index is 1.94. The van der Waals surface area contributed by atoms with Crippen LogP contribution in [0.1, 0.15) is 24.4 Å². The van der Waals surface area contributed by atoms with Crippen molar-refractivity contribution in [2.24, 2.45) is 0 Å². The highest BCUT2D eigenvalue weighted by Gasteiger charge is 2.30. The molecule has 2 aromatic rings. The number of carbonyl (C=O) groups is 1. The number of benzene rings is 2. The van der Waals surface area contributed by atoms with E-state index in [2.05, 4.69) is 12.6 Å². The van der Waals surface area contributed by atoms with Gasteiger partial charge in [-0.3, -0.25) is 4.79 Å². The second-order valence-corrected chi connectivity index (χ2v) is 5.73. The Morgan fingerprint density at radius 3 is 2.92 bits per heavy atom. The quantitative estimate of drug-likeness (QED) is 0.763. The van der Waals surface area contributed by atoms with Crippen molar-refractivity contribution in [3.05, 3.63) is 66.5 Å². The van der Waals surface area contributed by atoms with Crippen LogP contribution < -0.4 is 9.47 Å². The summed E-state index contributed by atoms with van der Waals surface area (Å²) >= 11 is 0. The van der Waals surface area contributed by atoms with Crippen LogP contribution in [0.2, 0.25) is 0 Å². The number of ether oxygens (including phenoxy) is 2. The second-order valence-electron chi connectivity index (χ2n) is 5.73. The Morgan fingerprint density at radius 1 is 1.36 bits per heavy atom. The van der Waals surface area contributed by atoms with Crippen LogP contribution >= 0.6 is 0 Å². The fraction of sp³-hybridized carbons (Fsp3) is 0.250. The van der Waals surface area contributed by atoms with E-state index in [1.807, 2.05) is 0 Å². The van der Waals surface area contributed by atoms with Crippen LogP contribution in [0.4, 0.5) is 4.39 Å². The molecule has 1 fully saturated rings. The third-order valence-corrected chi connectivity index (χ3v) is 4.29. The number of halogens is 1. The van der Waals surface area contributed by atoms with Gasteiger partial charge in [0, 0.05) is 12.1 Å². The molecule has 2 aromatic carbocycles. The average Bonchev–Trinajstić information content (AvgIpc) is 3.13. The molecule has 1 radical (unpaired) electrons. The van der Waals surface area contributed by atoms with E-state index in [-0.39, 0.29) is 23.4 Å². The van der Waals surface area contributed by atoms with E-state index in [1.165, 1.54) is 19.3 Å². The number of methoxy groups -OCH3 is 1. The molecule has 0 spiro atoms. The van der Waals surface area contributed by atoms with Crippen molar-refractivity contribution in [1.29, 1.82) is 0 Å². The first-order chi connectivity index (χ1) is 12.2. The highest BCUT2D eigenvalue weighted by atomic mass is 19.1.